The number of amides is 1. The lowest BCUT2D eigenvalue weighted by molar-refractivity contribution is -0.120. The lowest BCUT2D eigenvalue weighted by Crippen LogP contribution is -2.34. The topological polar surface area (TPSA) is 83.8 Å². The number of hydrogen-bond donors (Lipinski definition) is 3. The second-order valence-corrected chi connectivity index (χ2v) is 5.24. The van der Waals surface area contributed by atoms with Crippen molar-refractivity contribution >= 4 is 22.6 Å². The van der Waals surface area contributed by atoms with E-state index in [0.29, 0.717) is 0 Å². The maximum absolute atomic E-state index is 12.1. The van der Waals surface area contributed by atoms with Gasteiger partial charge in [-0.25, -0.2) is 4.98 Å². The Kier molecular flexibility index (Phi) is 2.98. The van der Waals surface area contributed by atoms with E-state index in [2.05, 4.69) is 15.3 Å². The Morgan fingerprint density at radius 1 is 1.47 bits per heavy atom. The van der Waals surface area contributed by atoms with Crippen LogP contribution in [0.3, 0.4) is 0 Å². The summed E-state index contributed by atoms with van der Waals surface area (Å²) in [7, 11) is 0. The van der Waals surface area contributed by atoms with Gasteiger partial charge in [0.25, 0.3) is 0 Å². The normalized spacial score (nSPS) is 22.8. The van der Waals surface area contributed by atoms with E-state index in [9.17, 15) is 4.79 Å². The van der Waals surface area contributed by atoms with Crippen molar-refractivity contribution < 1.29 is 4.79 Å². The van der Waals surface area contributed by atoms with Gasteiger partial charge in [-0.1, -0.05) is 6.42 Å². The minimum atomic E-state index is -0.0563. The molecule has 1 aromatic heterocycles. The van der Waals surface area contributed by atoms with Crippen LogP contribution in [0.15, 0.2) is 18.2 Å². The number of carbonyl (C=O) groups is 1. The minimum absolute atomic E-state index is 0.00173. The predicted octanol–water partition coefficient (Wildman–Crippen LogP) is 1.94. The second-order valence-electron chi connectivity index (χ2n) is 5.24. The van der Waals surface area contributed by atoms with Crippen LogP contribution >= 0.6 is 0 Å². The number of aromatic nitrogens is 2. The van der Waals surface area contributed by atoms with Crippen LogP contribution in [0, 0.1) is 12.8 Å². The summed E-state index contributed by atoms with van der Waals surface area (Å²) < 4.78 is 0. The maximum atomic E-state index is 12.1. The van der Waals surface area contributed by atoms with Gasteiger partial charge >= 0.3 is 0 Å². The molecule has 1 amide bonds. The average molecular weight is 258 g/mol. The van der Waals surface area contributed by atoms with E-state index < -0.39 is 0 Å². The Bertz CT molecular complexity index is 619. The molecule has 1 aliphatic carbocycles. The van der Waals surface area contributed by atoms with E-state index in [4.69, 9.17) is 5.73 Å². The Hall–Kier alpha value is -1.88. The molecule has 100 valence electrons. The molecular formula is C14H18N4O. The first-order valence-electron chi connectivity index (χ1n) is 6.66. The van der Waals surface area contributed by atoms with Gasteiger partial charge in [0.15, 0.2) is 0 Å². The van der Waals surface area contributed by atoms with Crippen LogP contribution in [0.2, 0.25) is 0 Å². The van der Waals surface area contributed by atoms with Gasteiger partial charge in [0.2, 0.25) is 5.91 Å². The molecule has 1 saturated carbocycles. The van der Waals surface area contributed by atoms with Crippen molar-refractivity contribution in [3.63, 3.8) is 0 Å². The van der Waals surface area contributed by atoms with Gasteiger partial charge in [0, 0.05) is 11.7 Å². The van der Waals surface area contributed by atoms with Gasteiger partial charge in [0.05, 0.1) is 17.0 Å². The van der Waals surface area contributed by atoms with Gasteiger partial charge in [-0.05, 0) is 38.0 Å². The van der Waals surface area contributed by atoms with Crippen molar-refractivity contribution in [2.75, 3.05) is 5.32 Å². The molecule has 2 unspecified atom stereocenters. The van der Waals surface area contributed by atoms with Crippen molar-refractivity contribution in [1.29, 1.82) is 0 Å². The van der Waals surface area contributed by atoms with Gasteiger partial charge < -0.3 is 16.0 Å². The van der Waals surface area contributed by atoms with Crippen LogP contribution in [0.25, 0.3) is 11.0 Å². The van der Waals surface area contributed by atoms with Crippen LogP contribution in [-0.4, -0.2) is 21.9 Å². The molecule has 2 aromatic rings. The molecule has 4 N–H and O–H groups in total. The fraction of sp³-hybridized carbons (Fsp3) is 0.429. The first-order chi connectivity index (χ1) is 9.13. The third kappa shape index (κ3) is 2.33. The molecule has 1 heterocycles. The molecule has 0 saturated heterocycles. The summed E-state index contributed by atoms with van der Waals surface area (Å²) in [5, 5.41) is 2.95. The van der Waals surface area contributed by atoms with E-state index in [-0.39, 0.29) is 17.9 Å². The third-order valence-electron chi connectivity index (χ3n) is 3.77. The van der Waals surface area contributed by atoms with Crippen molar-refractivity contribution in [1.82, 2.24) is 9.97 Å². The number of rotatable bonds is 2. The lowest BCUT2D eigenvalue weighted by atomic mass is 10.0. The average Bonchev–Trinajstić information content (AvgIpc) is 2.93. The molecule has 1 aromatic carbocycles. The van der Waals surface area contributed by atoms with E-state index in [1.165, 1.54) is 0 Å². The molecule has 0 radical (unpaired) electrons. The number of aryl methyl sites for hydroxylation is 1. The van der Waals surface area contributed by atoms with Gasteiger partial charge in [-0.3, -0.25) is 4.79 Å². The number of fused-ring (bicyclic) bond motifs is 1. The molecule has 0 aliphatic heterocycles. The Morgan fingerprint density at radius 3 is 3.05 bits per heavy atom. The third-order valence-corrected chi connectivity index (χ3v) is 3.77. The first-order valence-corrected chi connectivity index (χ1v) is 6.66. The molecule has 1 aliphatic rings. The van der Waals surface area contributed by atoms with Crippen molar-refractivity contribution in [3.05, 3.63) is 24.0 Å². The monoisotopic (exact) mass is 258 g/mol. The fourth-order valence-electron chi connectivity index (χ4n) is 2.76. The van der Waals surface area contributed by atoms with Crippen LogP contribution in [0.4, 0.5) is 5.69 Å². The number of nitrogens with zero attached hydrogens (tertiary/aromatic N) is 1. The number of benzene rings is 1. The summed E-state index contributed by atoms with van der Waals surface area (Å²) in [6, 6.07) is 5.69. The number of nitrogens with two attached hydrogens (primary N) is 1. The number of hydrogen-bond acceptors (Lipinski definition) is 3. The maximum Gasteiger partial charge on any atom is 0.229 e. The standard InChI is InChI=1S/C14H18N4O/c1-8-16-12-6-5-9(7-13(12)17-8)18-14(19)10-3-2-4-11(10)15/h5-7,10-11H,2-4,15H2,1H3,(H,16,17)(H,18,19). The van der Waals surface area contributed by atoms with E-state index in [1.54, 1.807) is 0 Å². The van der Waals surface area contributed by atoms with Crippen LogP contribution in [0.5, 0.6) is 0 Å². The molecule has 1 fully saturated rings. The smallest absolute Gasteiger partial charge is 0.229 e. The highest BCUT2D eigenvalue weighted by atomic mass is 16.1. The van der Waals surface area contributed by atoms with Crippen LogP contribution in [-0.2, 0) is 4.79 Å². The Morgan fingerprint density at radius 2 is 2.32 bits per heavy atom. The zero-order valence-electron chi connectivity index (χ0n) is 10.9. The number of carbonyl (C=O) groups excluding carboxylic acids is 1. The van der Waals surface area contributed by atoms with E-state index in [1.807, 2.05) is 25.1 Å². The summed E-state index contributed by atoms with van der Waals surface area (Å²) in [6.07, 6.45) is 2.87. The number of H-pyrrole nitrogens is 1. The van der Waals surface area contributed by atoms with E-state index in [0.717, 1.165) is 41.8 Å². The summed E-state index contributed by atoms with van der Waals surface area (Å²) in [5.74, 6) is 0.844. The minimum Gasteiger partial charge on any atom is -0.342 e. The predicted molar refractivity (Wildman–Crippen MR) is 74.8 cm³/mol. The van der Waals surface area contributed by atoms with Gasteiger partial charge in [-0.15, -0.1) is 0 Å². The SMILES string of the molecule is Cc1nc2ccc(NC(=O)C3CCCC3N)cc2[nH]1. The van der Waals surface area contributed by atoms with Crippen LogP contribution in [0.1, 0.15) is 25.1 Å². The number of anilines is 1. The quantitative estimate of drug-likeness (QED) is 0.769. The zero-order chi connectivity index (χ0) is 13.4. The molecule has 19 heavy (non-hydrogen) atoms. The summed E-state index contributed by atoms with van der Waals surface area (Å²) >= 11 is 0. The number of nitrogens with one attached hydrogen (secondary N) is 2. The van der Waals surface area contributed by atoms with E-state index >= 15 is 0 Å². The highest BCUT2D eigenvalue weighted by molar-refractivity contribution is 5.95. The highest BCUT2D eigenvalue weighted by Gasteiger charge is 2.30. The molecular weight excluding hydrogens is 240 g/mol. The summed E-state index contributed by atoms with van der Waals surface area (Å²) in [5.41, 5.74) is 8.59. The summed E-state index contributed by atoms with van der Waals surface area (Å²) in [6.45, 7) is 1.91. The molecule has 3 rings (SSSR count). The molecule has 0 spiro atoms. The Balaban J connectivity index is 1.79. The van der Waals surface area contributed by atoms with Crippen LogP contribution < -0.4 is 11.1 Å². The second kappa shape index (κ2) is 4.66. The fourth-order valence-corrected chi connectivity index (χ4v) is 2.76. The first kappa shape index (κ1) is 12.2. The Labute approximate surface area is 111 Å². The zero-order valence-corrected chi connectivity index (χ0v) is 10.9. The van der Waals surface area contributed by atoms with Crippen molar-refractivity contribution in [2.24, 2.45) is 11.7 Å². The largest absolute Gasteiger partial charge is 0.342 e. The lowest BCUT2D eigenvalue weighted by Gasteiger charge is -2.15. The molecule has 2 atom stereocenters. The summed E-state index contributed by atoms with van der Waals surface area (Å²) in [4.78, 5) is 19.6. The number of aromatic amines is 1. The molecule has 0 bridgehead atoms. The van der Waals surface area contributed by atoms with Gasteiger partial charge in [-0.2, -0.15) is 0 Å². The molecule has 5 heteroatoms. The molecule has 5 nitrogen and oxygen atoms in total. The number of imidazole rings is 1. The highest BCUT2D eigenvalue weighted by Crippen LogP contribution is 2.26. The van der Waals surface area contributed by atoms with Gasteiger partial charge in [0.1, 0.15) is 5.82 Å². The van der Waals surface area contributed by atoms with Crippen molar-refractivity contribution in [3.8, 4) is 0 Å². The van der Waals surface area contributed by atoms with Crippen molar-refractivity contribution in [2.45, 2.75) is 32.2 Å².